The molecule has 162 valence electrons. The fraction of sp³-hybridized carbons (Fsp3) is 0.364. The molecule has 0 radical (unpaired) electrons. The molecule has 0 aliphatic carbocycles. The predicted octanol–water partition coefficient (Wildman–Crippen LogP) is 4.32. The maximum absolute atomic E-state index is 13.0. The number of halogens is 2. The highest BCUT2D eigenvalue weighted by Gasteiger charge is 2.28. The van der Waals surface area contributed by atoms with Gasteiger partial charge in [-0.3, -0.25) is 9.59 Å². The number of hydrogen-bond acceptors (Lipinski definition) is 4. The van der Waals surface area contributed by atoms with Gasteiger partial charge in [0.15, 0.2) is 6.61 Å². The molecule has 2 amide bonds. The van der Waals surface area contributed by atoms with Gasteiger partial charge in [-0.05, 0) is 57.2 Å². The van der Waals surface area contributed by atoms with Crippen LogP contribution in [-0.4, -0.2) is 42.5 Å². The van der Waals surface area contributed by atoms with Crippen LogP contribution in [-0.2, 0) is 16.1 Å². The number of amides is 2. The fourth-order valence-electron chi connectivity index (χ4n) is 2.74. The van der Waals surface area contributed by atoms with Crippen molar-refractivity contribution < 1.29 is 19.1 Å². The van der Waals surface area contributed by atoms with E-state index in [-0.39, 0.29) is 31.0 Å². The smallest absolute Gasteiger partial charge is 0.261 e. The summed E-state index contributed by atoms with van der Waals surface area (Å²) in [6, 6.07) is 11.2. The number of nitrogens with zero attached hydrogens (tertiary/aromatic N) is 1. The molecule has 1 N–H and O–H groups in total. The summed E-state index contributed by atoms with van der Waals surface area (Å²) in [7, 11) is 1.57. The maximum atomic E-state index is 13.0. The predicted molar refractivity (Wildman–Crippen MR) is 118 cm³/mol. The average molecular weight is 453 g/mol. The summed E-state index contributed by atoms with van der Waals surface area (Å²) in [6.07, 6.45) is 0. The van der Waals surface area contributed by atoms with Crippen LogP contribution in [0.15, 0.2) is 42.5 Å². The first kappa shape index (κ1) is 23.8. The summed E-state index contributed by atoms with van der Waals surface area (Å²) in [6.45, 7) is 5.21. The maximum Gasteiger partial charge on any atom is 0.261 e. The lowest BCUT2D eigenvalue weighted by molar-refractivity contribution is -0.142. The Morgan fingerprint density at radius 1 is 1.00 bits per heavy atom. The van der Waals surface area contributed by atoms with E-state index in [1.807, 2.05) is 13.8 Å². The summed E-state index contributed by atoms with van der Waals surface area (Å²) in [5, 5.41) is 3.67. The van der Waals surface area contributed by atoms with E-state index < -0.39 is 6.04 Å². The zero-order chi connectivity index (χ0) is 22.3. The van der Waals surface area contributed by atoms with Crippen LogP contribution in [0.3, 0.4) is 0 Å². The molecule has 0 aromatic heterocycles. The van der Waals surface area contributed by atoms with Gasteiger partial charge < -0.3 is 19.7 Å². The molecule has 1 atom stereocenters. The molecule has 8 heteroatoms. The molecule has 0 saturated carbocycles. The molecule has 0 aliphatic rings. The molecule has 0 bridgehead atoms. The van der Waals surface area contributed by atoms with Gasteiger partial charge in [-0.2, -0.15) is 0 Å². The molecule has 2 aromatic rings. The highest BCUT2D eigenvalue weighted by Crippen LogP contribution is 2.26. The van der Waals surface area contributed by atoms with Crippen molar-refractivity contribution in [1.82, 2.24) is 10.2 Å². The summed E-state index contributed by atoms with van der Waals surface area (Å²) in [5.41, 5.74) is 0.572. The van der Waals surface area contributed by atoms with Crippen molar-refractivity contribution in [3.05, 3.63) is 58.1 Å². The van der Waals surface area contributed by atoms with Gasteiger partial charge in [-0.15, -0.1) is 0 Å². The normalized spacial score (nSPS) is 11.7. The average Bonchev–Trinajstić information content (AvgIpc) is 2.71. The summed E-state index contributed by atoms with van der Waals surface area (Å²) >= 11 is 12.6. The quantitative estimate of drug-likeness (QED) is 0.614. The Kier molecular flexibility index (Phi) is 8.81. The standard InChI is InChI=1S/C22H26Cl2N2O4/c1-14(2)25-22(28)15(3)26(12-18-19(23)6-5-7-20(18)24)21(27)13-30-17-10-8-16(29-4)9-11-17/h5-11,14-15H,12-13H2,1-4H3,(H,25,28)/t15-/m1/s1. The third-order valence-corrected chi connectivity index (χ3v) is 5.12. The lowest BCUT2D eigenvalue weighted by Crippen LogP contribution is -2.50. The van der Waals surface area contributed by atoms with E-state index in [1.54, 1.807) is 56.5 Å². The van der Waals surface area contributed by atoms with Crippen molar-refractivity contribution >= 4 is 35.0 Å². The van der Waals surface area contributed by atoms with E-state index >= 15 is 0 Å². The van der Waals surface area contributed by atoms with E-state index in [1.165, 1.54) is 4.90 Å². The van der Waals surface area contributed by atoms with Crippen LogP contribution in [0.5, 0.6) is 11.5 Å². The van der Waals surface area contributed by atoms with Gasteiger partial charge >= 0.3 is 0 Å². The first-order chi connectivity index (χ1) is 14.2. The minimum absolute atomic E-state index is 0.0589. The lowest BCUT2D eigenvalue weighted by Gasteiger charge is -2.30. The third kappa shape index (κ3) is 6.54. The molecular formula is C22H26Cl2N2O4. The van der Waals surface area contributed by atoms with Gasteiger partial charge in [0.1, 0.15) is 17.5 Å². The molecule has 2 aromatic carbocycles. The monoisotopic (exact) mass is 452 g/mol. The molecule has 0 aliphatic heterocycles. The van der Waals surface area contributed by atoms with Crippen molar-refractivity contribution in [2.75, 3.05) is 13.7 Å². The molecule has 0 fully saturated rings. The van der Waals surface area contributed by atoms with Gasteiger partial charge in [-0.25, -0.2) is 0 Å². The van der Waals surface area contributed by atoms with E-state index in [4.69, 9.17) is 32.7 Å². The number of nitrogens with one attached hydrogen (secondary N) is 1. The lowest BCUT2D eigenvalue weighted by atomic mass is 10.1. The van der Waals surface area contributed by atoms with Crippen LogP contribution in [0.4, 0.5) is 0 Å². The Bertz CT molecular complexity index is 852. The number of rotatable bonds is 9. The Morgan fingerprint density at radius 3 is 2.10 bits per heavy atom. The second kappa shape index (κ2) is 11.1. The summed E-state index contributed by atoms with van der Waals surface area (Å²) in [5.74, 6) is 0.556. The van der Waals surface area contributed by atoms with Crippen LogP contribution >= 0.6 is 23.2 Å². The number of benzene rings is 2. The van der Waals surface area contributed by atoms with Gasteiger partial charge in [0.25, 0.3) is 5.91 Å². The molecule has 6 nitrogen and oxygen atoms in total. The van der Waals surface area contributed by atoms with Gasteiger partial charge in [-0.1, -0.05) is 29.3 Å². The molecule has 2 rings (SSSR count). The second-order valence-electron chi connectivity index (χ2n) is 7.03. The van der Waals surface area contributed by atoms with Crippen LogP contribution in [0.1, 0.15) is 26.3 Å². The van der Waals surface area contributed by atoms with Gasteiger partial charge in [0, 0.05) is 28.2 Å². The van der Waals surface area contributed by atoms with Crippen molar-refractivity contribution in [3.8, 4) is 11.5 Å². The number of methoxy groups -OCH3 is 1. The fourth-order valence-corrected chi connectivity index (χ4v) is 3.26. The van der Waals surface area contributed by atoms with Gasteiger partial charge in [0.2, 0.25) is 5.91 Å². The van der Waals surface area contributed by atoms with Crippen molar-refractivity contribution in [2.45, 2.75) is 39.4 Å². The molecule has 0 unspecified atom stereocenters. The van der Waals surface area contributed by atoms with Crippen molar-refractivity contribution in [3.63, 3.8) is 0 Å². The largest absolute Gasteiger partial charge is 0.497 e. The van der Waals surface area contributed by atoms with Crippen LogP contribution < -0.4 is 14.8 Å². The topological polar surface area (TPSA) is 67.9 Å². The zero-order valence-corrected chi connectivity index (χ0v) is 19.0. The number of ether oxygens (including phenoxy) is 2. The first-order valence-corrected chi connectivity index (χ1v) is 10.3. The molecule has 0 saturated heterocycles. The molecule has 0 spiro atoms. The summed E-state index contributed by atoms with van der Waals surface area (Å²) < 4.78 is 10.7. The Balaban J connectivity index is 2.20. The Labute approximate surface area is 187 Å². The SMILES string of the molecule is COc1ccc(OCC(=O)N(Cc2c(Cl)cccc2Cl)[C@H](C)C(=O)NC(C)C)cc1. The number of carbonyl (C=O) groups excluding carboxylic acids is 2. The Hall–Kier alpha value is -2.44. The zero-order valence-electron chi connectivity index (χ0n) is 17.4. The number of hydrogen-bond donors (Lipinski definition) is 1. The first-order valence-electron chi connectivity index (χ1n) is 9.52. The highest BCUT2D eigenvalue weighted by molar-refractivity contribution is 6.36. The van der Waals surface area contributed by atoms with E-state index in [0.717, 1.165) is 0 Å². The van der Waals surface area contributed by atoms with Crippen molar-refractivity contribution in [1.29, 1.82) is 0 Å². The van der Waals surface area contributed by atoms with E-state index in [0.29, 0.717) is 27.1 Å². The number of carbonyl (C=O) groups is 2. The highest BCUT2D eigenvalue weighted by atomic mass is 35.5. The third-order valence-electron chi connectivity index (χ3n) is 4.41. The molecular weight excluding hydrogens is 427 g/mol. The van der Waals surface area contributed by atoms with Crippen molar-refractivity contribution in [2.24, 2.45) is 0 Å². The Morgan fingerprint density at radius 2 is 1.57 bits per heavy atom. The molecule has 0 heterocycles. The second-order valence-corrected chi connectivity index (χ2v) is 7.84. The van der Waals surface area contributed by atoms with Gasteiger partial charge in [0.05, 0.1) is 7.11 Å². The minimum Gasteiger partial charge on any atom is -0.497 e. The minimum atomic E-state index is -0.744. The van der Waals surface area contributed by atoms with Crippen LogP contribution in [0.2, 0.25) is 10.0 Å². The molecule has 30 heavy (non-hydrogen) atoms. The van der Waals surface area contributed by atoms with E-state index in [9.17, 15) is 9.59 Å². The summed E-state index contributed by atoms with van der Waals surface area (Å²) in [4.78, 5) is 27.0. The van der Waals surface area contributed by atoms with E-state index in [2.05, 4.69) is 5.32 Å². The van der Waals surface area contributed by atoms with Crippen LogP contribution in [0, 0.1) is 0 Å². The van der Waals surface area contributed by atoms with Crippen LogP contribution in [0.25, 0.3) is 0 Å².